The first-order valence-corrected chi connectivity index (χ1v) is 11.0. The van der Waals surface area contributed by atoms with E-state index in [2.05, 4.69) is 53.3 Å². The Morgan fingerprint density at radius 1 is 1.10 bits per heavy atom. The maximum Gasteiger partial charge on any atom is 0.304 e. The molecule has 1 aromatic heterocycles. The Kier molecular flexibility index (Phi) is 6.48. The number of carbonyl (C=O) groups excluding carboxylic acids is 1. The van der Waals surface area contributed by atoms with Crippen LogP contribution in [0.25, 0.3) is 11.0 Å². The standard InChI is InChI=1S/C25H31N3O2/c1-27-16-14-20(15-17-27)21-12-13-23-22(18-21)26-25(30-2)28(23)24(29)11-7-6-10-19-8-4-3-5-9-19/h3-5,8-9,12-13,18,20H,6-7,10-11,14-17H2,1-2H3. The van der Waals surface area contributed by atoms with Crippen molar-refractivity contribution in [2.45, 2.75) is 44.4 Å². The van der Waals surface area contributed by atoms with E-state index in [4.69, 9.17) is 4.74 Å². The van der Waals surface area contributed by atoms with Crippen LogP contribution in [-0.4, -0.2) is 47.6 Å². The summed E-state index contributed by atoms with van der Waals surface area (Å²) in [7, 11) is 3.76. The van der Waals surface area contributed by atoms with Crippen molar-refractivity contribution < 1.29 is 9.53 Å². The molecule has 0 atom stereocenters. The zero-order chi connectivity index (χ0) is 20.9. The van der Waals surface area contributed by atoms with Crippen molar-refractivity contribution in [3.63, 3.8) is 0 Å². The molecule has 1 saturated heterocycles. The number of hydrogen-bond donors (Lipinski definition) is 0. The summed E-state index contributed by atoms with van der Waals surface area (Å²) >= 11 is 0. The first kappa shape index (κ1) is 20.6. The van der Waals surface area contributed by atoms with Gasteiger partial charge in [-0.15, -0.1) is 0 Å². The number of aromatic nitrogens is 2. The zero-order valence-corrected chi connectivity index (χ0v) is 18.0. The molecule has 5 heteroatoms. The summed E-state index contributed by atoms with van der Waals surface area (Å²) in [6.07, 6.45) is 5.66. The molecule has 0 radical (unpaired) electrons. The molecule has 0 saturated carbocycles. The van der Waals surface area contributed by atoms with Crippen LogP contribution in [0.4, 0.5) is 0 Å². The minimum atomic E-state index is 0.0504. The van der Waals surface area contributed by atoms with Crippen molar-refractivity contribution in [3.05, 3.63) is 59.7 Å². The first-order chi connectivity index (χ1) is 14.7. The largest absolute Gasteiger partial charge is 0.468 e. The number of nitrogens with zero attached hydrogens (tertiary/aromatic N) is 3. The lowest BCUT2D eigenvalue weighted by Gasteiger charge is -2.29. The molecule has 0 spiro atoms. The van der Waals surface area contributed by atoms with Crippen molar-refractivity contribution >= 4 is 16.9 Å². The maximum atomic E-state index is 13.0. The van der Waals surface area contributed by atoms with E-state index in [0.717, 1.165) is 43.4 Å². The summed E-state index contributed by atoms with van der Waals surface area (Å²) in [6.45, 7) is 2.25. The lowest BCUT2D eigenvalue weighted by Crippen LogP contribution is -2.29. The van der Waals surface area contributed by atoms with Gasteiger partial charge in [0, 0.05) is 6.42 Å². The van der Waals surface area contributed by atoms with Crippen LogP contribution < -0.4 is 4.74 Å². The second-order valence-electron chi connectivity index (χ2n) is 8.35. The average molecular weight is 406 g/mol. The van der Waals surface area contributed by atoms with Gasteiger partial charge in [0.25, 0.3) is 0 Å². The predicted octanol–water partition coefficient (Wildman–Crippen LogP) is 4.91. The van der Waals surface area contributed by atoms with Crippen molar-refractivity contribution in [1.82, 2.24) is 14.5 Å². The first-order valence-electron chi connectivity index (χ1n) is 11.0. The van der Waals surface area contributed by atoms with Gasteiger partial charge in [-0.25, -0.2) is 4.57 Å². The van der Waals surface area contributed by atoms with Gasteiger partial charge in [-0.1, -0.05) is 36.4 Å². The minimum absolute atomic E-state index is 0.0504. The smallest absolute Gasteiger partial charge is 0.304 e. The fraction of sp³-hybridized carbons (Fsp3) is 0.440. The van der Waals surface area contributed by atoms with Gasteiger partial charge < -0.3 is 9.64 Å². The monoisotopic (exact) mass is 405 g/mol. The number of aryl methyl sites for hydroxylation is 1. The van der Waals surface area contributed by atoms with Gasteiger partial charge in [0.05, 0.1) is 18.1 Å². The molecular weight excluding hydrogens is 374 g/mol. The van der Waals surface area contributed by atoms with E-state index < -0.39 is 0 Å². The molecule has 0 bridgehead atoms. The molecule has 0 aliphatic carbocycles. The molecule has 4 rings (SSSR count). The van der Waals surface area contributed by atoms with Crippen molar-refractivity contribution in [3.8, 4) is 6.01 Å². The van der Waals surface area contributed by atoms with Crippen molar-refractivity contribution in [1.29, 1.82) is 0 Å². The summed E-state index contributed by atoms with van der Waals surface area (Å²) in [6, 6.07) is 17.2. The normalized spacial score (nSPS) is 15.5. The van der Waals surface area contributed by atoms with Crippen LogP contribution in [-0.2, 0) is 6.42 Å². The highest BCUT2D eigenvalue weighted by atomic mass is 16.5. The Morgan fingerprint density at radius 3 is 2.60 bits per heavy atom. The molecule has 0 amide bonds. The Bertz CT molecular complexity index is 988. The molecule has 30 heavy (non-hydrogen) atoms. The number of rotatable bonds is 7. The summed E-state index contributed by atoms with van der Waals surface area (Å²) < 4.78 is 7.10. The Morgan fingerprint density at radius 2 is 1.87 bits per heavy atom. The van der Waals surface area contributed by atoms with Crippen molar-refractivity contribution in [2.24, 2.45) is 0 Å². The van der Waals surface area contributed by atoms with Crippen LogP contribution in [0.5, 0.6) is 6.01 Å². The number of methoxy groups -OCH3 is 1. The second-order valence-corrected chi connectivity index (χ2v) is 8.35. The van der Waals surface area contributed by atoms with E-state index in [1.54, 1.807) is 11.7 Å². The van der Waals surface area contributed by atoms with Crippen LogP contribution >= 0.6 is 0 Å². The number of unbranched alkanes of at least 4 members (excludes halogenated alkanes) is 1. The van der Waals surface area contributed by atoms with E-state index >= 15 is 0 Å². The lowest BCUT2D eigenvalue weighted by molar-refractivity contribution is 0.0893. The predicted molar refractivity (Wildman–Crippen MR) is 120 cm³/mol. The van der Waals surface area contributed by atoms with Crippen LogP contribution in [0.2, 0.25) is 0 Å². The molecule has 1 fully saturated rings. The third-order valence-electron chi connectivity index (χ3n) is 6.22. The van der Waals surface area contributed by atoms with E-state index in [0.29, 0.717) is 18.3 Å². The third kappa shape index (κ3) is 4.57. The number of imidazole rings is 1. The van der Waals surface area contributed by atoms with Gasteiger partial charge in [0.2, 0.25) is 5.91 Å². The molecule has 3 aromatic rings. The molecule has 1 aliphatic heterocycles. The quantitative estimate of drug-likeness (QED) is 0.524. The molecular formula is C25H31N3O2. The summed E-state index contributed by atoms with van der Waals surface area (Å²) in [5.74, 6) is 0.616. The summed E-state index contributed by atoms with van der Waals surface area (Å²) in [4.78, 5) is 20.0. The minimum Gasteiger partial charge on any atom is -0.468 e. The molecule has 0 N–H and O–H groups in total. The number of hydrogen-bond acceptors (Lipinski definition) is 4. The number of ether oxygens (including phenoxy) is 1. The SMILES string of the molecule is COc1nc2cc(C3CCN(C)CC3)ccc2n1C(=O)CCCCc1ccccc1. The van der Waals surface area contributed by atoms with Crippen LogP contribution in [0, 0.1) is 0 Å². The fourth-order valence-electron chi connectivity index (χ4n) is 4.41. The molecule has 1 aliphatic rings. The number of fused-ring (bicyclic) bond motifs is 1. The number of likely N-dealkylation sites (tertiary alicyclic amines) is 1. The third-order valence-corrected chi connectivity index (χ3v) is 6.22. The van der Waals surface area contributed by atoms with E-state index in [1.807, 2.05) is 12.1 Å². The number of benzene rings is 2. The molecule has 2 heterocycles. The van der Waals surface area contributed by atoms with E-state index in [-0.39, 0.29) is 5.91 Å². The van der Waals surface area contributed by atoms with Gasteiger partial charge in [0.1, 0.15) is 0 Å². The molecule has 5 nitrogen and oxygen atoms in total. The Labute approximate surface area is 178 Å². The number of piperidine rings is 1. The van der Waals surface area contributed by atoms with Gasteiger partial charge >= 0.3 is 6.01 Å². The van der Waals surface area contributed by atoms with Gasteiger partial charge in [-0.05, 0) is 81.4 Å². The highest BCUT2D eigenvalue weighted by molar-refractivity contribution is 5.92. The second kappa shape index (κ2) is 9.43. The lowest BCUT2D eigenvalue weighted by atomic mass is 9.89. The van der Waals surface area contributed by atoms with Crippen molar-refractivity contribution in [2.75, 3.05) is 27.2 Å². The van der Waals surface area contributed by atoms with E-state index in [9.17, 15) is 4.79 Å². The fourth-order valence-corrected chi connectivity index (χ4v) is 4.41. The van der Waals surface area contributed by atoms with Crippen LogP contribution in [0.1, 0.15) is 53.9 Å². The van der Waals surface area contributed by atoms with Gasteiger partial charge in [-0.2, -0.15) is 4.98 Å². The average Bonchev–Trinajstić information content (AvgIpc) is 3.16. The Hall–Kier alpha value is -2.66. The highest BCUT2D eigenvalue weighted by Crippen LogP contribution is 2.31. The molecule has 158 valence electrons. The maximum absolute atomic E-state index is 13.0. The topological polar surface area (TPSA) is 47.4 Å². The summed E-state index contributed by atoms with van der Waals surface area (Å²) in [5.41, 5.74) is 4.33. The Balaban J connectivity index is 1.45. The summed E-state index contributed by atoms with van der Waals surface area (Å²) in [5, 5.41) is 0. The number of carbonyl (C=O) groups is 1. The van der Waals surface area contributed by atoms with Gasteiger partial charge in [0.15, 0.2) is 0 Å². The van der Waals surface area contributed by atoms with Gasteiger partial charge in [-0.3, -0.25) is 4.79 Å². The van der Waals surface area contributed by atoms with E-state index in [1.165, 1.54) is 24.0 Å². The molecule has 0 unspecified atom stereocenters. The molecule has 2 aromatic carbocycles. The van der Waals surface area contributed by atoms with Crippen LogP contribution in [0.3, 0.4) is 0 Å². The zero-order valence-electron chi connectivity index (χ0n) is 18.0. The van der Waals surface area contributed by atoms with Crippen LogP contribution in [0.15, 0.2) is 48.5 Å². The highest BCUT2D eigenvalue weighted by Gasteiger charge is 2.21.